The van der Waals surface area contributed by atoms with Crippen LogP contribution in [0.1, 0.15) is 95.9 Å². The zero-order valence-corrected chi connectivity index (χ0v) is 24.9. The zero-order valence-electron chi connectivity index (χ0n) is 24.9. The van der Waals surface area contributed by atoms with Gasteiger partial charge >= 0.3 is 6.61 Å². The highest BCUT2D eigenvalue weighted by atomic mass is 19.3. The Labute approximate surface area is 239 Å². The van der Waals surface area contributed by atoms with Gasteiger partial charge in [0.15, 0.2) is 0 Å². The van der Waals surface area contributed by atoms with Gasteiger partial charge in [0.05, 0.1) is 31.3 Å². The molecule has 0 aliphatic heterocycles. The predicted molar refractivity (Wildman–Crippen MR) is 155 cm³/mol. The Balaban J connectivity index is 0.000000331. The topological polar surface area (TPSA) is 102 Å². The Morgan fingerprint density at radius 2 is 1.88 bits per heavy atom. The van der Waals surface area contributed by atoms with Crippen molar-refractivity contribution in [3.05, 3.63) is 53.3 Å². The van der Waals surface area contributed by atoms with Crippen LogP contribution in [0.15, 0.2) is 36.5 Å². The molecule has 1 unspecified atom stereocenters. The molecule has 9 heteroatoms. The van der Waals surface area contributed by atoms with Crippen molar-refractivity contribution in [3.8, 4) is 11.8 Å². The Morgan fingerprint density at radius 1 is 1.18 bits per heavy atom. The number of aliphatic hydroxyl groups excluding tert-OH is 1. The van der Waals surface area contributed by atoms with Crippen molar-refractivity contribution in [2.24, 2.45) is 11.8 Å². The van der Waals surface area contributed by atoms with Gasteiger partial charge in [-0.2, -0.15) is 19.2 Å². The van der Waals surface area contributed by atoms with E-state index >= 15 is 0 Å². The minimum atomic E-state index is -2.81. The van der Waals surface area contributed by atoms with Crippen LogP contribution in [0.5, 0.6) is 5.75 Å². The number of halogens is 2. The summed E-state index contributed by atoms with van der Waals surface area (Å²) in [4.78, 5) is 4.29. The van der Waals surface area contributed by atoms with Crippen molar-refractivity contribution >= 4 is 5.69 Å². The molecule has 0 saturated heterocycles. The van der Waals surface area contributed by atoms with Gasteiger partial charge in [-0.3, -0.25) is 10.2 Å². The molecule has 1 atom stereocenters. The number of nitrogens with one attached hydrogen (secondary N) is 1. The fourth-order valence-corrected chi connectivity index (χ4v) is 3.99. The number of ether oxygens (including phenoxy) is 1. The Morgan fingerprint density at radius 3 is 2.27 bits per heavy atom. The standard InChI is InChI=1S/C14H25N3O2.C10H9F2NO.C7H14/c1-4-5-6-12(10-18)16-17(19)13-7-8-14(11(2)3)15-9-13;1-7-6-9(14-10(11)12)3-2-8(7)4-5-13;1-6(2)7-4-3-5-7/h7-9,11-12,16,18-19H,4-6,10H2,1-3H3;2-3,6,10H,4H2,1H3;6-7H,3-5H2,1-2H3. The summed E-state index contributed by atoms with van der Waals surface area (Å²) < 4.78 is 27.9. The largest absolute Gasteiger partial charge is 0.435 e. The molecular weight excluding hydrogens is 514 g/mol. The number of alkyl halides is 2. The van der Waals surface area contributed by atoms with E-state index in [-0.39, 0.29) is 24.8 Å². The fraction of sp³-hybridized carbons (Fsp3) is 0.613. The fourth-order valence-electron chi connectivity index (χ4n) is 3.99. The maximum Gasteiger partial charge on any atom is 0.387 e. The summed E-state index contributed by atoms with van der Waals surface area (Å²) in [5, 5.41) is 28.6. The van der Waals surface area contributed by atoms with E-state index in [4.69, 9.17) is 5.26 Å². The number of hydrogen-bond donors (Lipinski definition) is 3. The van der Waals surface area contributed by atoms with Crippen LogP contribution >= 0.6 is 0 Å². The van der Waals surface area contributed by atoms with Crippen LogP contribution in [0, 0.1) is 30.1 Å². The number of unbranched alkanes of at least 4 members (excludes halogenated alkanes) is 1. The number of aliphatic hydroxyl groups is 1. The average Bonchev–Trinajstić information content (AvgIpc) is 2.87. The lowest BCUT2D eigenvalue weighted by Gasteiger charge is -2.28. The molecular formula is C31H48F2N4O3. The van der Waals surface area contributed by atoms with Crippen molar-refractivity contribution in [1.29, 1.82) is 5.26 Å². The second-order valence-electron chi connectivity index (χ2n) is 10.8. The quantitative estimate of drug-likeness (QED) is 0.229. The van der Waals surface area contributed by atoms with Crippen molar-refractivity contribution in [2.75, 3.05) is 11.8 Å². The molecule has 7 nitrogen and oxygen atoms in total. The Kier molecular flexibility index (Phi) is 17.0. The van der Waals surface area contributed by atoms with Gasteiger partial charge in [-0.05, 0) is 66.5 Å². The summed E-state index contributed by atoms with van der Waals surface area (Å²) in [6.45, 7) is 9.83. The monoisotopic (exact) mass is 562 g/mol. The lowest BCUT2D eigenvalue weighted by molar-refractivity contribution is -0.0498. The highest BCUT2D eigenvalue weighted by Gasteiger charge is 2.19. The normalized spacial score (nSPS) is 13.5. The highest BCUT2D eigenvalue weighted by molar-refractivity contribution is 5.40. The number of aryl methyl sites for hydroxylation is 1. The summed E-state index contributed by atoms with van der Waals surface area (Å²) in [6.07, 6.45) is 9.28. The third kappa shape index (κ3) is 13.5. The lowest BCUT2D eigenvalue weighted by Crippen LogP contribution is -2.44. The van der Waals surface area contributed by atoms with Gasteiger partial charge < -0.3 is 9.84 Å². The number of hydrazine groups is 1. The van der Waals surface area contributed by atoms with Crippen LogP contribution in [0.4, 0.5) is 14.5 Å². The lowest BCUT2D eigenvalue weighted by atomic mass is 9.78. The van der Waals surface area contributed by atoms with E-state index in [9.17, 15) is 19.1 Å². The molecule has 1 saturated carbocycles. The first kappa shape index (κ1) is 35.2. The van der Waals surface area contributed by atoms with E-state index in [1.54, 1.807) is 19.2 Å². The minimum Gasteiger partial charge on any atom is -0.435 e. The number of nitriles is 1. The van der Waals surface area contributed by atoms with Gasteiger partial charge in [0.1, 0.15) is 11.4 Å². The first-order valence-electron chi connectivity index (χ1n) is 14.2. The average molecular weight is 563 g/mol. The van der Waals surface area contributed by atoms with E-state index in [1.807, 2.05) is 18.2 Å². The van der Waals surface area contributed by atoms with E-state index in [2.05, 4.69) is 49.8 Å². The van der Waals surface area contributed by atoms with Crippen LogP contribution in [0.3, 0.4) is 0 Å². The van der Waals surface area contributed by atoms with Crippen LogP contribution in [0.25, 0.3) is 0 Å². The molecule has 224 valence electrons. The third-order valence-corrected chi connectivity index (χ3v) is 6.94. The number of benzene rings is 1. The molecule has 2 aromatic rings. The summed E-state index contributed by atoms with van der Waals surface area (Å²) in [7, 11) is 0. The maximum atomic E-state index is 11.8. The van der Waals surface area contributed by atoms with Crippen molar-refractivity contribution in [1.82, 2.24) is 10.4 Å². The number of aromatic nitrogens is 1. The molecule has 3 rings (SSSR count). The van der Waals surface area contributed by atoms with Crippen LogP contribution < -0.4 is 15.3 Å². The molecule has 1 aromatic carbocycles. The van der Waals surface area contributed by atoms with Crippen LogP contribution in [0.2, 0.25) is 0 Å². The molecule has 1 aliphatic rings. The Bertz CT molecular complexity index is 993. The molecule has 1 heterocycles. The molecule has 0 bridgehead atoms. The SMILES string of the molecule is CC(C)C1CCC1.CCCCC(CO)NN(O)c1ccc(C(C)C)nc1.Cc1cc(OC(F)F)ccc1CC#N. The zero-order chi connectivity index (χ0) is 30.1. The van der Waals surface area contributed by atoms with E-state index < -0.39 is 6.61 Å². The molecule has 1 aliphatic carbocycles. The minimum absolute atomic E-state index is 0.00539. The van der Waals surface area contributed by atoms with Gasteiger partial charge in [0.2, 0.25) is 0 Å². The van der Waals surface area contributed by atoms with Crippen molar-refractivity contribution < 1.29 is 23.8 Å². The Hall–Kier alpha value is -2.80. The first-order chi connectivity index (χ1) is 19.0. The van der Waals surface area contributed by atoms with Crippen LogP contribution in [-0.2, 0) is 6.42 Å². The third-order valence-electron chi connectivity index (χ3n) is 6.94. The molecule has 1 aromatic heterocycles. The molecule has 40 heavy (non-hydrogen) atoms. The first-order valence-corrected chi connectivity index (χ1v) is 14.2. The van der Waals surface area contributed by atoms with Gasteiger partial charge in [-0.15, -0.1) is 0 Å². The summed E-state index contributed by atoms with van der Waals surface area (Å²) in [5.74, 6) is 2.52. The molecule has 0 spiro atoms. The number of pyridine rings is 1. The second kappa shape index (κ2) is 19.3. The summed E-state index contributed by atoms with van der Waals surface area (Å²) >= 11 is 0. The molecule has 1 fully saturated rings. The molecule has 0 amide bonds. The number of rotatable bonds is 12. The maximum absolute atomic E-state index is 11.8. The number of hydrogen-bond acceptors (Lipinski definition) is 7. The van der Waals surface area contributed by atoms with E-state index in [0.717, 1.165) is 53.1 Å². The van der Waals surface area contributed by atoms with Gasteiger partial charge in [0, 0.05) is 5.69 Å². The number of nitrogens with zero attached hydrogens (tertiary/aromatic N) is 3. The van der Waals surface area contributed by atoms with Crippen molar-refractivity contribution in [3.63, 3.8) is 0 Å². The highest BCUT2D eigenvalue weighted by Crippen LogP contribution is 2.32. The second-order valence-corrected chi connectivity index (χ2v) is 10.8. The molecule has 0 radical (unpaired) electrons. The van der Waals surface area contributed by atoms with Crippen molar-refractivity contribution in [2.45, 2.75) is 105 Å². The van der Waals surface area contributed by atoms with Crippen LogP contribution in [-0.4, -0.2) is 34.6 Å². The summed E-state index contributed by atoms with van der Waals surface area (Å²) in [6, 6.07) is 10.1. The molecule has 3 N–H and O–H groups in total. The van der Waals surface area contributed by atoms with Gasteiger partial charge in [-0.1, -0.05) is 72.8 Å². The summed E-state index contributed by atoms with van der Waals surface area (Å²) in [5.41, 5.74) is 6.03. The van der Waals surface area contributed by atoms with Gasteiger partial charge in [0.25, 0.3) is 0 Å². The van der Waals surface area contributed by atoms with Gasteiger partial charge in [-0.25, -0.2) is 5.43 Å². The predicted octanol–water partition coefficient (Wildman–Crippen LogP) is 7.56. The van der Waals surface area contributed by atoms with E-state index in [1.165, 1.54) is 31.4 Å². The van der Waals surface area contributed by atoms with E-state index in [0.29, 0.717) is 11.6 Å². The number of anilines is 1. The smallest absolute Gasteiger partial charge is 0.387 e.